The van der Waals surface area contributed by atoms with E-state index in [1.54, 1.807) is 16.8 Å². The van der Waals surface area contributed by atoms with Crippen LogP contribution >= 0.6 is 11.3 Å². The van der Waals surface area contributed by atoms with Crippen molar-refractivity contribution >= 4 is 21.4 Å². The van der Waals surface area contributed by atoms with Crippen molar-refractivity contribution < 1.29 is 13.5 Å². The zero-order valence-corrected chi connectivity index (χ0v) is 13.7. The highest BCUT2D eigenvalue weighted by atomic mass is 32.2. The molecule has 0 bridgehead atoms. The third-order valence-electron chi connectivity index (χ3n) is 4.64. The fourth-order valence-electron chi connectivity index (χ4n) is 3.66. The summed E-state index contributed by atoms with van der Waals surface area (Å²) in [6.45, 7) is 2.63. The molecule has 0 unspecified atom stereocenters. The topological polar surface area (TPSA) is 73.7 Å². The van der Waals surface area contributed by atoms with Crippen LogP contribution in [0.3, 0.4) is 0 Å². The van der Waals surface area contributed by atoms with Crippen LogP contribution in [-0.4, -0.2) is 65.2 Å². The number of piperidine rings is 1. The first-order valence-electron chi connectivity index (χ1n) is 7.17. The van der Waals surface area contributed by atoms with Gasteiger partial charge >= 0.3 is 0 Å². The quantitative estimate of drug-likeness (QED) is 0.873. The number of nitrogens with zero attached hydrogens (tertiary/aromatic N) is 3. The van der Waals surface area contributed by atoms with Crippen molar-refractivity contribution in [3.8, 4) is 0 Å². The van der Waals surface area contributed by atoms with Crippen molar-refractivity contribution in [1.82, 2.24) is 14.2 Å². The maximum absolute atomic E-state index is 12.0. The predicted molar refractivity (Wildman–Crippen MR) is 81.5 cm³/mol. The lowest BCUT2D eigenvalue weighted by molar-refractivity contribution is -0.0377. The molecule has 3 heterocycles. The zero-order chi connectivity index (χ0) is 15.1. The standard InChI is InChI=1S/C13H21N3O3S2/c1-21(18,19)16-5-2-3-13(16)4-6-15(9-12(13)17)8-11-7-14-10-20-11/h7,10,12,17H,2-6,8-9H2,1H3/t12-,13-/m0/s1. The molecule has 0 amide bonds. The lowest BCUT2D eigenvalue weighted by Crippen LogP contribution is -2.62. The van der Waals surface area contributed by atoms with Crippen molar-refractivity contribution in [2.45, 2.75) is 37.5 Å². The van der Waals surface area contributed by atoms with E-state index in [0.717, 1.165) is 25.9 Å². The first-order chi connectivity index (χ1) is 9.92. The van der Waals surface area contributed by atoms with E-state index in [9.17, 15) is 13.5 Å². The Kier molecular flexibility index (Phi) is 4.08. The molecule has 2 fully saturated rings. The molecule has 0 saturated carbocycles. The monoisotopic (exact) mass is 331 g/mol. The Morgan fingerprint density at radius 1 is 1.48 bits per heavy atom. The van der Waals surface area contributed by atoms with Crippen LogP contribution in [0.1, 0.15) is 24.1 Å². The molecule has 1 spiro atoms. The largest absolute Gasteiger partial charge is 0.390 e. The van der Waals surface area contributed by atoms with Gasteiger partial charge < -0.3 is 5.11 Å². The van der Waals surface area contributed by atoms with E-state index in [1.807, 2.05) is 6.20 Å². The second-order valence-corrected chi connectivity index (χ2v) is 8.89. The minimum Gasteiger partial charge on any atom is -0.390 e. The first-order valence-corrected chi connectivity index (χ1v) is 9.90. The molecular weight excluding hydrogens is 310 g/mol. The van der Waals surface area contributed by atoms with Gasteiger partial charge in [0.1, 0.15) is 0 Å². The highest BCUT2D eigenvalue weighted by molar-refractivity contribution is 7.88. The van der Waals surface area contributed by atoms with E-state index in [4.69, 9.17) is 0 Å². The fraction of sp³-hybridized carbons (Fsp3) is 0.769. The number of aliphatic hydroxyl groups excluding tert-OH is 1. The first kappa shape index (κ1) is 15.4. The van der Waals surface area contributed by atoms with Gasteiger partial charge in [-0.25, -0.2) is 8.42 Å². The molecule has 6 nitrogen and oxygen atoms in total. The van der Waals surface area contributed by atoms with Gasteiger partial charge in [0.15, 0.2) is 0 Å². The van der Waals surface area contributed by atoms with Crippen molar-refractivity contribution in [3.63, 3.8) is 0 Å². The van der Waals surface area contributed by atoms with Gasteiger partial charge in [-0.05, 0) is 19.3 Å². The summed E-state index contributed by atoms with van der Waals surface area (Å²) >= 11 is 1.61. The van der Waals surface area contributed by atoms with E-state index in [1.165, 1.54) is 15.4 Å². The van der Waals surface area contributed by atoms with Crippen LogP contribution in [0.5, 0.6) is 0 Å². The second-order valence-electron chi connectivity index (χ2n) is 6.01. The molecule has 1 N–H and O–H groups in total. The van der Waals surface area contributed by atoms with Crippen molar-refractivity contribution in [3.05, 3.63) is 16.6 Å². The Bertz CT molecular complexity index is 590. The number of sulfonamides is 1. The van der Waals surface area contributed by atoms with Crippen molar-refractivity contribution in [1.29, 1.82) is 0 Å². The third kappa shape index (κ3) is 2.87. The molecular formula is C13H21N3O3S2. The van der Waals surface area contributed by atoms with Crippen molar-refractivity contribution in [2.24, 2.45) is 0 Å². The van der Waals surface area contributed by atoms with Crippen LogP contribution < -0.4 is 0 Å². The summed E-state index contributed by atoms with van der Waals surface area (Å²) in [6.07, 6.45) is 4.75. The smallest absolute Gasteiger partial charge is 0.211 e. The van der Waals surface area contributed by atoms with Crippen LogP contribution in [-0.2, 0) is 16.6 Å². The maximum atomic E-state index is 12.0. The molecule has 0 aromatic carbocycles. The number of aromatic nitrogens is 1. The lowest BCUT2D eigenvalue weighted by atomic mass is 9.83. The third-order valence-corrected chi connectivity index (χ3v) is 6.75. The number of rotatable bonds is 3. The Morgan fingerprint density at radius 2 is 2.29 bits per heavy atom. The predicted octanol–water partition coefficient (Wildman–Crippen LogP) is 0.504. The summed E-state index contributed by atoms with van der Waals surface area (Å²) in [5.41, 5.74) is 1.22. The summed E-state index contributed by atoms with van der Waals surface area (Å²) in [5.74, 6) is 0. The molecule has 8 heteroatoms. The maximum Gasteiger partial charge on any atom is 0.211 e. The Labute approximate surface area is 129 Å². The zero-order valence-electron chi connectivity index (χ0n) is 12.1. The van der Waals surface area contributed by atoms with Gasteiger partial charge in [0.25, 0.3) is 0 Å². The van der Waals surface area contributed by atoms with Gasteiger partial charge in [0, 0.05) is 37.3 Å². The van der Waals surface area contributed by atoms with E-state index < -0.39 is 21.7 Å². The summed E-state index contributed by atoms with van der Waals surface area (Å²) in [4.78, 5) is 7.42. The van der Waals surface area contributed by atoms with Gasteiger partial charge in [0.2, 0.25) is 10.0 Å². The number of β-amino-alcohol motifs (C(OH)–C–C–N with tert-alkyl or cyclic N) is 1. The molecule has 21 heavy (non-hydrogen) atoms. The fourth-order valence-corrected chi connectivity index (χ4v) is 5.72. The van der Waals surface area contributed by atoms with Crippen LogP contribution in [0.4, 0.5) is 0 Å². The SMILES string of the molecule is CS(=O)(=O)N1CCC[C@@]12CCN(Cc1cncs1)C[C@@H]2O. The second kappa shape index (κ2) is 5.58. The number of hydrogen-bond acceptors (Lipinski definition) is 6. The summed E-state index contributed by atoms with van der Waals surface area (Å²) in [5, 5.41) is 10.6. The van der Waals surface area contributed by atoms with Crippen LogP contribution in [0.2, 0.25) is 0 Å². The normalized spacial score (nSPS) is 32.0. The molecule has 1 aromatic rings. The molecule has 2 saturated heterocycles. The Hall–Kier alpha value is -0.540. The highest BCUT2D eigenvalue weighted by Crippen LogP contribution is 2.40. The van der Waals surface area contributed by atoms with Gasteiger partial charge in [-0.15, -0.1) is 11.3 Å². The van der Waals surface area contributed by atoms with E-state index >= 15 is 0 Å². The minimum absolute atomic E-state index is 0.518. The van der Waals surface area contributed by atoms with E-state index in [2.05, 4.69) is 9.88 Å². The van der Waals surface area contributed by atoms with Gasteiger partial charge in [-0.2, -0.15) is 4.31 Å². The summed E-state index contributed by atoms with van der Waals surface area (Å²) < 4.78 is 25.5. The van der Waals surface area contributed by atoms with Crippen LogP contribution in [0.15, 0.2) is 11.7 Å². The Balaban J connectivity index is 1.73. The van der Waals surface area contributed by atoms with Crippen LogP contribution in [0.25, 0.3) is 0 Å². The molecule has 2 atom stereocenters. The highest BCUT2D eigenvalue weighted by Gasteiger charge is 2.52. The number of hydrogen-bond donors (Lipinski definition) is 1. The molecule has 2 aliphatic rings. The number of thiazole rings is 1. The summed E-state index contributed by atoms with van der Waals surface area (Å²) in [6, 6.07) is 0. The average molecular weight is 331 g/mol. The Morgan fingerprint density at radius 3 is 2.90 bits per heavy atom. The van der Waals surface area contributed by atoms with Gasteiger partial charge in [-0.1, -0.05) is 0 Å². The molecule has 0 aliphatic carbocycles. The molecule has 118 valence electrons. The lowest BCUT2D eigenvalue weighted by Gasteiger charge is -2.47. The summed E-state index contributed by atoms with van der Waals surface area (Å²) in [7, 11) is -3.26. The van der Waals surface area contributed by atoms with Crippen LogP contribution in [0, 0.1) is 0 Å². The van der Waals surface area contributed by atoms with Crippen molar-refractivity contribution in [2.75, 3.05) is 25.9 Å². The van der Waals surface area contributed by atoms with E-state index in [-0.39, 0.29) is 0 Å². The van der Waals surface area contributed by atoms with E-state index in [0.29, 0.717) is 19.5 Å². The van der Waals surface area contributed by atoms with Gasteiger partial charge in [-0.3, -0.25) is 9.88 Å². The van der Waals surface area contributed by atoms with Gasteiger partial charge in [0.05, 0.1) is 23.4 Å². The average Bonchev–Trinajstić information content (AvgIpc) is 3.03. The number of aliphatic hydroxyl groups is 1. The molecule has 1 aromatic heterocycles. The molecule has 3 rings (SSSR count). The number of likely N-dealkylation sites (tertiary alicyclic amines) is 1. The molecule has 2 aliphatic heterocycles. The minimum atomic E-state index is -3.26. The molecule has 0 radical (unpaired) electrons.